The maximum Gasteiger partial charge on any atom is 0.222 e. The molecule has 2 aliphatic rings. The highest BCUT2D eigenvalue weighted by atomic mass is 16.5. The van der Waals surface area contributed by atoms with Crippen molar-refractivity contribution in [3.05, 3.63) is 29.8 Å². The van der Waals surface area contributed by atoms with Gasteiger partial charge in [-0.1, -0.05) is 37.5 Å². The Labute approximate surface area is 126 Å². The lowest BCUT2D eigenvalue weighted by Crippen LogP contribution is -2.46. The summed E-state index contributed by atoms with van der Waals surface area (Å²) in [5.41, 5.74) is 7.15. The molecule has 1 atom stereocenters. The summed E-state index contributed by atoms with van der Waals surface area (Å²) in [5.74, 6) is 0.954. The molecule has 3 rings (SSSR count). The number of nitrogens with two attached hydrogens (primary N) is 1. The van der Waals surface area contributed by atoms with Gasteiger partial charge in [0, 0.05) is 23.9 Å². The molecule has 1 amide bonds. The molecule has 4 heteroatoms. The molecule has 1 aliphatic heterocycles. The monoisotopic (exact) mass is 288 g/mol. The van der Waals surface area contributed by atoms with E-state index in [1.807, 2.05) is 24.3 Å². The third kappa shape index (κ3) is 3.38. The summed E-state index contributed by atoms with van der Waals surface area (Å²) in [5, 5.41) is 3.15. The minimum Gasteiger partial charge on any atom is -0.493 e. The van der Waals surface area contributed by atoms with E-state index in [2.05, 4.69) is 5.32 Å². The number of hydrogen-bond donors (Lipinski definition) is 2. The first-order chi connectivity index (χ1) is 10.2. The first-order valence-corrected chi connectivity index (χ1v) is 7.96. The van der Waals surface area contributed by atoms with E-state index in [1.54, 1.807) is 0 Å². The van der Waals surface area contributed by atoms with E-state index in [0.717, 1.165) is 43.4 Å². The van der Waals surface area contributed by atoms with Crippen molar-refractivity contribution >= 4 is 5.91 Å². The van der Waals surface area contributed by atoms with Crippen molar-refractivity contribution < 1.29 is 9.53 Å². The van der Waals surface area contributed by atoms with Crippen LogP contribution in [0.1, 0.15) is 56.6 Å². The van der Waals surface area contributed by atoms with Gasteiger partial charge in [-0.25, -0.2) is 0 Å². The van der Waals surface area contributed by atoms with Gasteiger partial charge in [-0.3, -0.25) is 4.79 Å². The second kappa shape index (κ2) is 6.06. The summed E-state index contributed by atoms with van der Waals surface area (Å²) in [6.45, 7) is 0.649. The van der Waals surface area contributed by atoms with E-state index < -0.39 is 0 Å². The van der Waals surface area contributed by atoms with Gasteiger partial charge >= 0.3 is 0 Å². The summed E-state index contributed by atoms with van der Waals surface area (Å²) < 4.78 is 5.63. The molecule has 1 aromatic rings. The van der Waals surface area contributed by atoms with Crippen LogP contribution in [-0.4, -0.2) is 18.1 Å². The lowest BCUT2D eigenvalue weighted by Gasteiger charge is -2.34. The van der Waals surface area contributed by atoms with Gasteiger partial charge in [0.05, 0.1) is 12.6 Å². The Morgan fingerprint density at radius 3 is 2.86 bits per heavy atom. The zero-order valence-corrected chi connectivity index (χ0v) is 12.4. The van der Waals surface area contributed by atoms with Gasteiger partial charge in [0.1, 0.15) is 5.75 Å². The molecule has 21 heavy (non-hydrogen) atoms. The van der Waals surface area contributed by atoms with Crippen LogP contribution in [0.4, 0.5) is 0 Å². The Morgan fingerprint density at radius 2 is 2.05 bits per heavy atom. The van der Waals surface area contributed by atoms with Crippen LogP contribution in [0, 0.1) is 0 Å². The Morgan fingerprint density at radius 1 is 1.29 bits per heavy atom. The number of para-hydroxylation sites is 1. The Bertz CT molecular complexity index is 509. The van der Waals surface area contributed by atoms with E-state index in [4.69, 9.17) is 10.5 Å². The van der Waals surface area contributed by atoms with Crippen molar-refractivity contribution in [2.24, 2.45) is 5.73 Å². The van der Waals surface area contributed by atoms with Gasteiger partial charge in [-0.15, -0.1) is 0 Å². The molecule has 1 saturated carbocycles. The summed E-state index contributed by atoms with van der Waals surface area (Å²) in [6.07, 6.45) is 6.71. The van der Waals surface area contributed by atoms with Crippen molar-refractivity contribution in [3.63, 3.8) is 0 Å². The molecule has 0 bridgehead atoms. The Balaban J connectivity index is 1.63. The highest BCUT2D eigenvalue weighted by molar-refractivity contribution is 5.78. The van der Waals surface area contributed by atoms with Gasteiger partial charge in [-0.2, -0.15) is 0 Å². The van der Waals surface area contributed by atoms with E-state index in [1.165, 1.54) is 6.42 Å². The molecule has 3 N–H and O–H groups in total. The SMILES string of the molecule is NC1(CC(=O)NC2CCOc3ccccc32)CCCCC1. The number of carbonyl (C=O) groups is 1. The van der Waals surface area contributed by atoms with Crippen LogP contribution in [0.2, 0.25) is 0 Å². The standard InChI is InChI=1S/C17H24N2O2/c18-17(9-4-1-5-10-17)12-16(20)19-14-8-11-21-15-7-3-2-6-13(14)15/h2-3,6-7,14H,1,4-5,8-12,18H2,(H,19,20). The lowest BCUT2D eigenvalue weighted by molar-refractivity contribution is -0.123. The number of fused-ring (bicyclic) bond motifs is 1. The molecule has 0 saturated heterocycles. The second-order valence-corrected chi connectivity index (χ2v) is 6.39. The van der Waals surface area contributed by atoms with Gasteiger partial charge in [0.15, 0.2) is 0 Å². The molecule has 0 spiro atoms. The van der Waals surface area contributed by atoms with Crippen molar-refractivity contribution in [3.8, 4) is 5.75 Å². The topological polar surface area (TPSA) is 64.4 Å². The first kappa shape index (κ1) is 14.4. The third-order valence-corrected chi connectivity index (χ3v) is 4.66. The molecule has 114 valence electrons. The maximum absolute atomic E-state index is 12.4. The van der Waals surface area contributed by atoms with Crippen molar-refractivity contribution in [1.82, 2.24) is 5.32 Å². The molecule has 1 heterocycles. The average molecular weight is 288 g/mol. The number of rotatable bonds is 3. The highest BCUT2D eigenvalue weighted by Crippen LogP contribution is 2.33. The zero-order valence-electron chi connectivity index (χ0n) is 12.4. The number of amides is 1. The molecular weight excluding hydrogens is 264 g/mol. The molecule has 1 fully saturated rings. The molecule has 1 aromatic carbocycles. The lowest BCUT2D eigenvalue weighted by atomic mass is 9.80. The minimum atomic E-state index is -0.299. The van der Waals surface area contributed by atoms with Crippen LogP contribution in [0.5, 0.6) is 5.75 Å². The molecule has 4 nitrogen and oxygen atoms in total. The summed E-state index contributed by atoms with van der Waals surface area (Å²) in [7, 11) is 0. The fourth-order valence-corrected chi connectivity index (χ4v) is 3.49. The largest absolute Gasteiger partial charge is 0.493 e. The van der Waals surface area contributed by atoms with Gasteiger partial charge in [0.2, 0.25) is 5.91 Å². The smallest absolute Gasteiger partial charge is 0.222 e. The van der Waals surface area contributed by atoms with Crippen LogP contribution < -0.4 is 15.8 Å². The average Bonchev–Trinajstić information content (AvgIpc) is 2.48. The number of hydrogen-bond acceptors (Lipinski definition) is 3. The molecule has 1 aliphatic carbocycles. The predicted octanol–water partition coefficient (Wildman–Crippen LogP) is 2.68. The maximum atomic E-state index is 12.4. The Kier molecular flexibility index (Phi) is 4.15. The number of nitrogens with one attached hydrogen (secondary N) is 1. The van der Waals surface area contributed by atoms with Crippen molar-refractivity contribution in [2.75, 3.05) is 6.61 Å². The van der Waals surface area contributed by atoms with Crippen LogP contribution in [0.15, 0.2) is 24.3 Å². The van der Waals surface area contributed by atoms with Crippen LogP contribution >= 0.6 is 0 Å². The second-order valence-electron chi connectivity index (χ2n) is 6.39. The fourth-order valence-electron chi connectivity index (χ4n) is 3.49. The van der Waals surface area contributed by atoms with Gasteiger partial charge in [-0.05, 0) is 18.9 Å². The van der Waals surface area contributed by atoms with Crippen LogP contribution in [-0.2, 0) is 4.79 Å². The van der Waals surface area contributed by atoms with Crippen molar-refractivity contribution in [2.45, 2.75) is 56.5 Å². The summed E-state index contributed by atoms with van der Waals surface area (Å²) >= 11 is 0. The Hall–Kier alpha value is -1.55. The highest BCUT2D eigenvalue weighted by Gasteiger charge is 2.31. The predicted molar refractivity (Wildman–Crippen MR) is 82.1 cm³/mol. The summed E-state index contributed by atoms with van der Waals surface area (Å²) in [4.78, 5) is 12.4. The minimum absolute atomic E-state index is 0.0506. The van der Waals surface area contributed by atoms with Crippen LogP contribution in [0.3, 0.4) is 0 Å². The van der Waals surface area contributed by atoms with E-state index >= 15 is 0 Å². The summed E-state index contributed by atoms with van der Waals surface area (Å²) in [6, 6.07) is 7.98. The normalized spacial score (nSPS) is 23.8. The van der Waals surface area contributed by atoms with E-state index in [0.29, 0.717) is 13.0 Å². The number of carbonyl (C=O) groups excluding carboxylic acids is 1. The molecular formula is C17H24N2O2. The van der Waals surface area contributed by atoms with Crippen LogP contribution in [0.25, 0.3) is 0 Å². The number of ether oxygens (including phenoxy) is 1. The molecule has 0 aromatic heterocycles. The van der Waals surface area contributed by atoms with Gasteiger partial charge in [0.25, 0.3) is 0 Å². The van der Waals surface area contributed by atoms with E-state index in [-0.39, 0.29) is 17.5 Å². The molecule has 0 radical (unpaired) electrons. The number of benzene rings is 1. The third-order valence-electron chi connectivity index (χ3n) is 4.66. The molecule has 1 unspecified atom stereocenters. The first-order valence-electron chi connectivity index (χ1n) is 7.96. The van der Waals surface area contributed by atoms with Gasteiger partial charge < -0.3 is 15.8 Å². The van der Waals surface area contributed by atoms with E-state index in [9.17, 15) is 4.79 Å². The fraction of sp³-hybridized carbons (Fsp3) is 0.588. The zero-order chi connectivity index (χ0) is 14.7. The quantitative estimate of drug-likeness (QED) is 0.898. The van der Waals surface area contributed by atoms with Crippen molar-refractivity contribution in [1.29, 1.82) is 0 Å².